The van der Waals surface area contributed by atoms with Gasteiger partial charge in [0.2, 0.25) is 5.91 Å². The lowest BCUT2D eigenvalue weighted by Gasteiger charge is -2.29. The van der Waals surface area contributed by atoms with E-state index in [1.54, 1.807) is 0 Å². The van der Waals surface area contributed by atoms with Crippen LogP contribution < -0.4 is 5.32 Å². The molecule has 2 N–H and O–H groups in total. The van der Waals surface area contributed by atoms with Crippen molar-refractivity contribution in [3.05, 3.63) is 35.4 Å². The minimum Gasteiger partial charge on any atom is -0.389 e. The largest absolute Gasteiger partial charge is 0.389 e. The number of hydrogen-bond donors (Lipinski definition) is 2. The molecule has 2 aliphatic rings. The molecule has 1 fully saturated rings. The van der Waals surface area contributed by atoms with E-state index in [1.165, 1.54) is 11.1 Å². The van der Waals surface area contributed by atoms with E-state index in [0.717, 1.165) is 51.7 Å². The molecule has 0 spiro atoms. The number of benzene rings is 1. The van der Waals surface area contributed by atoms with Crippen LogP contribution in [0.1, 0.15) is 43.2 Å². The van der Waals surface area contributed by atoms with Crippen molar-refractivity contribution >= 4 is 5.91 Å². The highest BCUT2D eigenvalue weighted by Gasteiger charge is 2.33. The zero-order valence-corrected chi connectivity index (χ0v) is 13.2. The first kappa shape index (κ1) is 15.5. The molecule has 120 valence electrons. The summed E-state index contributed by atoms with van der Waals surface area (Å²) in [6.07, 6.45) is 4.96. The molecule has 0 aromatic heterocycles. The number of aliphatic hydroxyl groups is 1. The van der Waals surface area contributed by atoms with Crippen molar-refractivity contribution in [2.45, 2.75) is 50.7 Å². The smallest absolute Gasteiger partial charge is 0.222 e. The number of carbonyl (C=O) groups is 1. The number of nitrogens with one attached hydrogen (secondary N) is 1. The fraction of sp³-hybridized carbons (Fsp3) is 0.611. The van der Waals surface area contributed by atoms with Crippen LogP contribution in [0.2, 0.25) is 0 Å². The molecule has 4 heteroatoms. The molecule has 3 rings (SSSR count). The Morgan fingerprint density at radius 1 is 1.23 bits per heavy atom. The predicted molar refractivity (Wildman–Crippen MR) is 86.5 cm³/mol. The molecule has 1 aliphatic heterocycles. The summed E-state index contributed by atoms with van der Waals surface area (Å²) >= 11 is 0. The maximum Gasteiger partial charge on any atom is 0.222 e. The maximum absolute atomic E-state index is 12.0. The van der Waals surface area contributed by atoms with Crippen LogP contribution in [0.5, 0.6) is 0 Å². The molecule has 1 aromatic rings. The van der Waals surface area contributed by atoms with Crippen LogP contribution in [-0.2, 0) is 17.8 Å². The minimum absolute atomic E-state index is 0.0122. The molecule has 1 heterocycles. The number of fused-ring (bicyclic) bond motifs is 1. The van der Waals surface area contributed by atoms with E-state index in [2.05, 4.69) is 34.5 Å². The summed E-state index contributed by atoms with van der Waals surface area (Å²) in [7, 11) is 0. The van der Waals surface area contributed by atoms with Gasteiger partial charge in [0.15, 0.2) is 0 Å². The van der Waals surface area contributed by atoms with Gasteiger partial charge in [0, 0.05) is 26.2 Å². The third-order valence-corrected chi connectivity index (χ3v) is 4.98. The summed E-state index contributed by atoms with van der Waals surface area (Å²) in [6, 6.07) is 8.58. The van der Waals surface area contributed by atoms with Crippen LogP contribution in [-0.4, -0.2) is 41.1 Å². The van der Waals surface area contributed by atoms with E-state index in [1.807, 2.05) is 0 Å². The van der Waals surface area contributed by atoms with Crippen molar-refractivity contribution in [1.82, 2.24) is 10.2 Å². The van der Waals surface area contributed by atoms with E-state index in [4.69, 9.17) is 0 Å². The number of nitrogens with zero attached hydrogens (tertiary/aromatic N) is 1. The van der Waals surface area contributed by atoms with E-state index in [9.17, 15) is 9.90 Å². The van der Waals surface area contributed by atoms with Gasteiger partial charge in [-0.1, -0.05) is 37.1 Å². The average Bonchev–Trinajstić information content (AvgIpc) is 2.93. The quantitative estimate of drug-likeness (QED) is 0.873. The summed E-state index contributed by atoms with van der Waals surface area (Å²) in [6.45, 7) is 3.56. The number of amides is 1. The second-order valence-corrected chi connectivity index (χ2v) is 6.75. The van der Waals surface area contributed by atoms with Gasteiger partial charge in [-0.05, 0) is 30.4 Å². The van der Waals surface area contributed by atoms with Gasteiger partial charge in [-0.25, -0.2) is 0 Å². The Bertz CT molecular complexity index is 524. The fourth-order valence-corrected chi connectivity index (χ4v) is 3.67. The fourth-order valence-electron chi connectivity index (χ4n) is 3.67. The molecule has 0 atom stereocenters. The Kier molecular flexibility index (Phi) is 4.79. The summed E-state index contributed by atoms with van der Waals surface area (Å²) < 4.78 is 0. The summed E-state index contributed by atoms with van der Waals surface area (Å²) in [4.78, 5) is 14.3. The van der Waals surface area contributed by atoms with Crippen molar-refractivity contribution in [2.75, 3.05) is 19.6 Å². The molecule has 0 bridgehead atoms. The molecule has 1 aliphatic carbocycles. The maximum atomic E-state index is 12.0. The second-order valence-electron chi connectivity index (χ2n) is 6.75. The van der Waals surface area contributed by atoms with Gasteiger partial charge in [0.05, 0.1) is 12.0 Å². The zero-order chi connectivity index (χ0) is 15.4. The molecule has 1 saturated carbocycles. The molecule has 1 amide bonds. The number of rotatable bonds is 5. The second kappa shape index (κ2) is 6.80. The molecule has 0 saturated heterocycles. The van der Waals surface area contributed by atoms with Crippen molar-refractivity contribution in [2.24, 2.45) is 0 Å². The van der Waals surface area contributed by atoms with Crippen LogP contribution in [0.4, 0.5) is 0 Å². The summed E-state index contributed by atoms with van der Waals surface area (Å²) in [5.74, 6) is -0.0122. The monoisotopic (exact) mass is 302 g/mol. The lowest BCUT2D eigenvalue weighted by atomic mass is 9.98. The number of hydrogen-bond acceptors (Lipinski definition) is 3. The normalized spacial score (nSPS) is 20.6. The van der Waals surface area contributed by atoms with E-state index < -0.39 is 5.60 Å². The zero-order valence-electron chi connectivity index (χ0n) is 13.2. The standard InChI is InChI=1S/C18H26N2O2/c21-17(13-18(22)8-3-4-9-18)19-10-12-20-11-7-15-5-1-2-6-16(15)14-20/h1-2,5-6,22H,3-4,7-14H2,(H,19,21). The van der Waals surface area contributed by atoms with Gasteiger partial charge in [0.1, 0.15) is 0 Å². The Balaban J connectivity index is 1.39. The average molecular weight is 302 g/mol. The van der Waals surface area contributed by atoms with Gasteiger partial charge in [-0.2, -0.15) is 0 Å². The third-order valence-electron chi connectivity index (χ3n) is 4.98. The molecule has 4 nitrogen and oxygen atoms in total. The van der Waals surface area contributed by atoms with Crippen LogP contribution in [0.25, 0.3) is 0 Å². The predicted octanol–water partition coefficient (Wildman–Crippen LogP) is 1.86. The van der Waals surface area contributed by atoms with E-state index >= 15 is 0 Å². The summed E-state index contributed by atoms with van der Waals surface area (Å²) in [5.41, 5.74) is 2.11. The highest BCUT2D eigenvalue weighted by Crippen LogP contribution is 2.32. The molecule has 0 unspecified atom stereocenters. The van der Waals surface area contributed by atoms with E-state index in [0.29, 0.717) is 6.54 Å². The Morgan fingerprint density at radius 2 is 1.95 bits per heavy atom. The molecule has 22 heavy (non-hydrogen) atoms. The highest BCUT2D eigenvalue weighted by molar-refractivity contribution is 5.77. The topological polar surface area (TPSA) is 52.6 Å². The summed E-state index contributed by atoms with van der Waals surface area (Å²) in [5, 5.41) is 13.2. The van der Waals surface area contributed by atoms with Gasteiger partial charge in [-0.15, -0.1) is 0 Å². The van der Waals surface area contributed by atoms with Gasteiger partial charge in [-0.3, -0.25) is 9.69 Å². The first-order valence-corrected chi connectivity index (χ1v) is 8.43. The van der Waals surface area contributed by atoms with Gasteiger partial charge < -0.3 is 10.4 Å². The first-order chi connectivity index (χ1) is 10.6. The van der Waals surface area contributed by atoms with Gasteiger partial charge >= 0.3 is 0 Å². The Morgan fingerprint density at radius 3 is 2.73 bits per heavy atom. The third kappa shape index (κ3) is 3.87. The molecule has 1 aromatic carbocycles. The molecule has 0 radical (unpaired) electrons. The lowest BCUT2D eigenvalue weighted by molar-refractivity contribution is -0.125. The lowest BCUT2D eigenvalue weighted by Crippen LogP contribution is -2.40. The van der Waals surface area contributed by atoms with Crippen molar-refractivity contribution in [3.8, 4) is 0 Å². The van der Waals surface area contributed by atoms with Gasteiger partial charge in [0.25, 0.3) is 0 Å². The Hall–Kier alpha value is -1.39. The van der Waals surface area contributed by atoms with Crippen molar-refractivity contribution < 1.29 is 9.90 Å². The Labute approximate surface area is 132 Å². The van der Waals surface area contributed by atoms with Crippen LogP contribution in [0.15, 0.2) is 24.3 Å². The van der Waals surface area contributed by atoms with Crippen LogP contribution >= 0.6 is 0 Å². The van der Waals surface area contributed by atoms with Crippen molar-refractivity contribution in [3.63, 3.8) is 0 Å². The SMILES string of the molecule is O=C(CC1(O)CCCC1)NCCN1CCc2ccccc2C1. The van der Waals surface area contributed by atoms with E-state index in [-0.39, 0.29) is 12.3 Å². The number of carbonyl (C=O) groups excluding carboxylic acids is 1. The van der Waals surface area contributed by atoms with Crippen molar-refractivity contribution in [1.29, 1.82) is 0 Å². The van der Waals surface area contributed by atoms with Crippen LogP contribution in [0, 0.1) is 0 Å². The minimum atomic E-state index is -0.742. The molecular formula is C18H26N2O2. The molecular weight excluding hydrogens is 276 g/mol. The highest BCUT2D eigenvalue weighted by atomic mass is 16.3. The van der Waals surface area contributed by atoms with Crippen LogP contribution in [0.3, 0.4) is 0 Å². The first-order valence-electron chi connectivity index (χ1n) is 8.43.